The lowest BCUT2D eigenvalue weighted by molar-refractivity contribution is 0.0731. The second kappa shape index (κ2) is 8.65. The molecule has 0 bridgehead atoms. The third kappa shape index (κ3) is 3.92. The lowest BCUT2D eigenvalue weighted by Gasteiger charge is -2.14. The Bertz CT molecular complexity index is 1330. The topological polar surface area (TPSA) is 75.0 Å². The molecule has 0 radical (unpaired) electrons. The second-order valence-corrected chi connectivity index (χ2v) is 7.39. The Hall–Kier alpha value is -3.58. The van der Waals surface area contributed by atoms with Crippen molar-refractivity contribution in [1.29, 1.82) is 0 Å². The van der Waals surface area contributed by atoms with Crippen LogP contribution in [-0.4, -0.2) is 20.2 Å². The Kier molecular flexibility index (Phi) is 5.77. The lowest BCUT2D eigenvalue weighted by Crippen LogP contribution is -2.16. The van der Waals surface area contributed by atoms with Crippen molar-refractivity contribution in [3.63, 3.8) is 0 Å². The normalized spacial score (nSPS) is 10.7. The number of ether oxygens (including phenoxy) is 3. The number of carbonyl (C=O) groups excluding carboxylic acids is 1. The van der Waals surface area contributed by atoms with Gasteiger partial charge in [-0.05, 0) is 52.3 Å². The molecule has 0 amide bonds. The standard InChI is InChI=1S/C24H17BrO6/c1-28-19-13-15(12-17(25)22(19)29-2)21-23(31-24(27)14-8-4-3-5-9-14)20(26)16-10-6-7-11-18(16)30-21/h3-13H,1-2H3. The van der Waals surface area contributed by atoms with Gasteiger partial charge in [0, 0.05) is 5.56 Å². The highest BCUT2D eigenvalue weighted by Gasteiger charge is 2.23. The summed E-state index contributed by atoms with van der Waals surface area (Å²) in [5.41, 5.74) is 0.706. The molecule has 0 saturated heterocycles. The van der Waals surface area contributed by atoms with Crippen molar-refractivity contribution in [2.24, 2.45) is 0 Å². The molecule has 4 aromatic rings. The molecule has 0 N–H and O–H groups in total. The minimum Gasteiger partial charge on any atom is -0.493 e. The minimum absolute atomic E-state index is 0.106. The summed E-state index contributed by atoms with van der Waals surface area (Å²) in [4.78, 5) is 26.0. The predicted molar refractivity (Wildman–Crippen MR) is 120 cm³/mol. The molecule has 7 heteroatoms. The number of halogens is 1. The summed E-state index contributed by atoms with van der Waals surface area (Å²) >= 11 is 3.44. The van der Waals surface area contributed by atoms with Gasteiger partial charge in [0.2, 0.25) is 11.2 Å². The van der Waals surface area contributed by atoms with Crippen LogP contribution in [0.15, 0.2) is 80.4 Å². The van der Waals surface area contributed by atoms with Crippen LogP contribution in [0.4, 0.5) is 0 Å². The van der Waals surface area contributed by atoms with Crippen molar-refractivity contribution >= 4 is 32.9 Å². The summed E-state index contributed by atoms with van der Waals surface area (Å²) in [6, 6.07) is 18.6. The molecule has 0 aliphatic rings. The maximum Gasteiger partial charge on any atom is 0.343 e. The molecular weight excluding hydrogens is 464 g/mol. The molecule has 0 atom stereocenters. The van der Waals surface area contributed by atoms with E-state index < -0.39 is 11.4 Å². The Labute approximate surface area is 186 Å². The summed E-state index contributed by atoms with van der Waals surface area (Å²) in [5.74, 6) is 0.144. The fourth-order valence-electron chi connectivity index (χ4n) is 3.18. The first kappa shape index (κ1) is 20.7. The van der Waals surface area contributed by atoms with E-state index >= 15 is 0 Å². The van der Waals surface area contributed by atoms with E-state index in [-0.39, 0.29) is 11.5 Å². The van der Waals surface area contributed by atoms with Gasteiger partial charge in [0.05, 0.1) is 29.6 Å². The van der Waals surface area contributed by atoms with Gasteiger partial charge in [-0.2, -0.15) is 0 Å². The van der Waals surface area contributed by atoms with Crippen LogP contribution in [0.25, 0.3) is 22.3 Å². The number of para-hydroxylation sites is 1. The summed E-state index contributed by atoms with van der Waals surface area (Å²) in [6.07, 6.45) is 0. The van der Waals surface area contributed by atoms with E-state index in [2.05, 4.69) is 15.9 Å². The molecule has 6 nitrogen and oxygen atoms in total. The van der Waals surface area contributed by atoms with Crippen molar-refractivity contribution in [2.75, 3.05) is 14.2 Å². The third-order valence-electron chi connectivity index (χ3n) is 4.66. The van der Waals surface area contributed by atoms with Gasteiger partial charge in [-0.25, -0.2) is 4.79 Å². The summed E-state index contributed by atoms with van der Waals surface area (Å²) in [7, 11) is 3.02. The molecule has 4 rings (SSSR count). The zero-order valence-electron chi connectivity index (χ0n) is 16.7. The van der Waals surface area contributed by atoms with E-state index in [1.807, 2.05) is 0 Å². The largest absolute Gasteiger partial charge is 0.493 e. The minimum atomic E-state index is -0.663. The average molecular weight is 481 g/mol. The van der Waals surface area contributed by atoms with E-state index in [4.69, 9.17) is 18.6 Å². The molecule has 156 valence electrons. The van der Waals surface area contributed by atoms with Gasteiger partial charge in [0.1, 0.15) is 5.58 Å². The highest BCUT2D eigenvalue weighted by molar-refractivity contribution is 9.10. The molecule has 0 saturated carbocycles. The maximum absolute atomic E-state index is 13.2. The van der Waals surface area contributed by atoms with Crippen LogP contribution in [0.3, 0.4) is 0 Å². The van der Waals surface area contributed by atoms with Crippen LogP contribution in [0.5, 0.6) is 17.2 Å². The Morgan fingerprint density at radius 2 is 1.61 bits per heavy atom. The van der Waals surface area contributed by atoms with Crippen LogP contribution in [-0.2, 0) is 0 Å². The molecule has 1 heterocycles. The molecule has 0 spiro atoms. The SMILES string of the molecule is COc1cc(-c2oc3ccccc3c(=O)c2OC(=O)c2ccccc2)cc(Br)c1OC. The predicted octanol–water partition coefficient (Wildman–Crippen LogP) is 5.46. The molecular formula is C24H17BrO6. The maximum atomic E-state index is 13.2. The zero-order chi connectivity index (χ0) is 22.0. The van der Waals surface area contributed by atoms with E-state index in [0.29, 0.717) is 38.1 Å². The number of rotatable bonds is 5. The highest BCUT2D eigenvalue weighted by Crippen LogP contribution is 2.41. The number of methoxy groups -OCH3 is 2. The van der Waals surface area contributed by atoms with Gasteiger partial charge in [-0.3, -0.25) is 4.79 Å². The molecule has 31 heavy (non-hydrogen) atoms. The molecule has 0 aliphatic heterocycles. The fourth-order valence-corrected chi connectivity index (χ4v) is 3.79. The van der Waals surface area contributed by atoms with Crippen molar-refractivity contribution in [3.05, 3.63) is 87.0 Å². The Morgan fingerprint density at radius 3 is 2.32 bits per heavy atom. The van der Waals surface area contributed by atoms with Gasteiger partial charge in [-0.1, -0.05) is 30.3 Å². The lowest BCUT2D eigenvalue weighted by atomic mass is 10.1. The molecule has 0 unspecified atom stereocenters. The van der Waals surface area contributed by atoms with Gasteiger partial charge in [-0.15, -0.1) is 0 Å². The Balaban J connectivity index is 1.94. The van der Waals surface area contributed by atoms with E-state index in [1.54, 1.807) is 66.7 Å². The molecule has 0 aliphatic carbocycles. The number of carbonyl (C=O) groups is 1. The van der Waals surface area contributed by atoms with Gasteiger partial charge in [0.15, 0.2) is 17.3 Å². The first-order valence-corrected chi connectivity index (χ1v) is 10.1. The molecule has 1 aromatic heterocycles. The smallest absolute Gasteiger partial charge is 0.343 e. The van der Waals surface area contributed by atoms with Crippen molar-refractivity contribution in [2.45, 2.75) is 0 Å². The van der Waals surface area contributed by atoms with Gasteiger partial charge < -0.3 is 18.6 Å². The zero-order valence-corrected chi connectivity index (χ0v) is 18.3. The number of esters is 1. The monoisotopic (exact) mass is 480 g/mol. The Morgan fingerprint density at radius 1 is 0.903 bits per heavy atom. The highest BCUT2D eigenvalue weighted by atomic mass is 79.9. The van der Waals surface area contributed by atoms with Crippen LogP contribution in [0.1, 0.15) is 10.4 Å². The van der Waals surface area contributed by atoms with Gasteiger partial charge >= 0.3 is 5.97 Å². The van der Waals surface area contributed by atoms with E-state index in [1.165, 1.54) is 14.2 Å². The van der Waals surface area contributed by atoms with Crippen molar-refractivity contribution < 1.29 is 23.4 Å². The van der Waals surface area contributed by atoms with Crippen LogP contribution in [0, 0.1) is 0 Å². The van der Waals surface area contributed by atoms with Crippen molar-refractivity contribution in [1.82, 2.24) is 0 Å². The quantitative estimate of drug-likeness (QED) is 0.353. The summed E-state index contributed by atoms with van der Waals surface area (Å²) < 4.78 is 22.9. The third-order valence-corrected chi connectivity index (χ3v) is 5.25. The van der Waals surface area contributed by atoms with Crippen LogP contribution < -0.4 is 19.6 Å². The number of benzene rings is 3. The number of fused-ring (bicyclic) bond motifs is 1. The number of hydrogen-bond acceptors (Lipinski definition) is 6. The molecule has 3 aromatic carbocycles. The molecule has 0 fully saturated rings. The van der Waals surface area contributed by atoms with Gasteiger partial charge in [0.25, 0.3) is 0 Å². The average Bonchev–Trinajstić information content (AvgIpc) is 2.80. The fraction of sp³-hybridized carbons (Fsp3) is 0.0833. The van der Waals surface area contributed by atoms with Crippen LogP contribution >= 0.6 is 15.9 Å². The first-order valence-electron chi connectivity index (χ1n) is 9.28. The summed E-state index contributed by atoms with van der Waals surface area (Å²) in [5, 5.41) is 0.307. The van der Waals surface area contributed by atoms with E-state index in [0.717, 1.165) is 0 Å². The van der Waals surface area contributed by atoms with Crippen molar-refractivity contribution in [3.8, 4) is 28.6 Å². The number of hydrogen-bond donors (Lipinski definition) is 0. The first-order chi connectivity index (χ1) is 15.0. The van der Waals surface area contributed by atoms with Crippen LogP contribution in [0.2, 0.25) is 0 Å². The summed E-state index contributed by atoms with van der Waals surface area (Å²) in [6.45, 7) is 0. The second-order valence-electron chi connectivity index (χ2n) is 6.53. The van der Waals surface area contributed by atoms with E-state index in [9.17, 15) is 9.59 Å².